The second-order valence-electron chi connectivity index (χ2n) is 4.22. The van der Waals surface area contributed by atoms with Crippen molar-refractivity contribution in [2.75, 3.05) is 27.4 Å². The molecule has 104 valence electrons. The molecule has 0 saturated heterocycles. The van der Waals surface area contributed by atoms with E-state index in [2.05, 4.69) is 15.6 Å². The fourth-order valence-electron chi connectivity index (χ4n) is 1.52. The molecule has 2 unspecified atom stereocenters. The predicted molar refractivity (Wildman–Crippen MR) is 66.1 cm³/mol. The summed E-state index contributed by atoms with van der Waals surface area (Å²) in [4.78, 5) is 0. The molecule has 0 aliphatic rings. The van der Waals surface area contributed by atoms with Crippen molar-refractivity contribution in [1.82, 2.24) is 20.3 Å². The molecule has 0 aliphatic carbocycles. The van der Waals surface area contributed by atoms with Crippen LogP contribution in [0, 0.1) is 0 Å². The van der Waals surface area contributed by atoms with Gasteiger partial charge in [0.25, 0.3) is 0 Å². The van der Waals surface area contributed by atoms with Crippen LogP contribution in [0.25, 0.3) is 0 Å². The molecule has 0 aromatic carbocycles. The van der Waals surface area contributed by atoms with Crippen LogP contribution in [0.4, 0.5) is 0 Å². The highest BCUT2D eigenvalue weighted by Crippen LogP contribution is 1.98. The minimum atomic E-state index is -0.603. The lowest BCUT2D eigenvalue weighted by Crippen LogP contribution is -2.26. The third-order valence-electron chi connectivity index (χ3n) is 2.32. The molecule has 7 nitrogen and oxygen atoms in total. The van der Waals surface area contributed by atoms with Gasteiger partial charge in [0.15, 0.2) is 0 Å². The summed E-state index contributed by atoms with van der Waals surface area (Å²) in [6.07, 6.45) is 1.17. The highest BCUT2D eigenvalue weighted by molar-refractivity contribution is 4.91. The lowest BCUT2D eigenvalue weighted by molar-refractivity contribution is -0.0365. The second kappa shape index (κ2) is 8.15. The number of rotatable bonds is 9. The van der Waals surface area contributed by atoms with E-state index in [0.717, 1.165) is 5.69 Å². The Hall–Kier alpha value is -1.02. The summed E-state index contributed by atoms with van der Waals surface area (Å²) in [6, 6.07) is 0. The van der Waals surface area contributed by atoms with Crippen molar-refractivity contribution in [2.24, 2.45) is 0 Å². The number of hydrogen-bond acceptors (Lipinski definition) is 6. The van der Waals surface area contributed by atoms with E-state index in [-0.39, 0.29) is 12.7 Å². The van der Waals surface area contributed by atoms with Gasteiger partial charge in [0.05, 0.1) is 37.7 Å². The van der Waals surface area contributed by atoms with E-state index >= 15 is 0 Å². The molecule has 0 saturated carbocycles. The van der Waals surface area contributed by atoms with Crippen molar-refractivity contribution in [3.8, 4) is 0 Å². The van der Waals surface area contributed by atoms with E-state index in [0.29, 0.717) is 19.7 Å². The third kappa shape index (κ3) is 5.54. The second-order valence-corrected chi connectivity index (χ2v) is 4.22. The molecular weight excluding hydrogens is 236 g/mol. The first-order valence-corrected chi connectivity index (χ1v) is 5.98. The maximum Gasteiger partial charge on any atom is 0.0969 e. The van der Waals surface area contributed by atoms with Gasteiger partial charge in [-0.1, -0.05) is 5.21 Å². The molecule has 7 heteroatoms. The van der Waals surface area contributed by atoms with E-state index in [1.165, 1.54) is 0 Å². The summed E-state index contributed by atoms with van der Waals surface area (Å²) in [5, 5.41) is 20.7. The Bertz CT molecular complexity index is 332. The summed E-state index contributed by atoms with van der Waals surface area (Å²) in [7, 11) is 3.47. The van der Waals surface area contributed by atoms with Gasteiger partial charge in [-0.2, -0.15) is 0 Å². The van der Waals surface area contributed by atoms with Gasteiger partial charge in [0.2, 0.25) is 0 Å². The van der Waals surface area contributed by atoms with Crippen LogP contribution in [0.5, 0.6) is 0 Å². The monoisotopic (exact) mass is 258 g/mol. The Kier molecular flexibility index (Phi) is 6.81. The summed E-state index contributed by atoms with van der Waals surface area (Å²) in [6.45, 7) is 3.71. The molecule has 0 aliphatic heterocycles. The maximum absolute atomic E-state index is 9.79. The van der Waals surface area contributed by atoms with Crippen molar-refractivity contribution in [3.05, 3.63) is 11.9 Å². The summed E-state index contributed by atoms with van der Waals surface area (Å²) >= 11 is 0. The van der Waals surface area contributed by atoms with E-state index in [4.69, 9.17) is 9.47 Å². The minimum absolute atomic E-state index is 0.0275. The minimum Gasteiger partial charge on any atom is -0.389 e. The zero-order valence-electron chi connectivity index (χ0n) is 11.2. The van der Waals surface area contributed by atoms with Gasteiger partial charge >= 0.3 is 0 Å². The molecule has 0 bridgehead atoms. The largest absolute Gasteiger partial charge is 0.389 e. The van der Waals surface area contributed by atoms with Gasteiger partial charge in [-0.3, -0.25) is 0 Å². The standard InChI is InChI=1S/C11H22N4O3/c1-9(7-17-3)18-8-11(16)6-15-5-10(4-12-2)13-14-15/h5,9,11-12,16H,4,6-8H2,1-3H3. The van der Waals surface area contributed by atoms with E-state index < -0.39 is 6.10 Å². The Labute approximate surface area is 107 Å². The van der Waals surface area contributed by atoms with Gasteiger partial charge < -0.3 is 19.9 Å². The molecule has 18 heavy (non-hydrogen) atoms. The molecule has 0 radical (unpaired) electrons. The molecule has 1 aromatic rings. The van der Waals surface area contributed by atoms with E-state index in [1.807, 2.05) is 14.0 Å². The van der Waals surface area contributed by atoms with Crippen LogP contribution in [0.3, 0.4) is 0 Å². The van der Waals surface area contributed by atoms with Crippen molar-refractivity contribution in [1.29, 1.82) is 0 Å². The maximum atomic E-state index is 9.79. The first kappa shape index (κ1) is 15.0. The quantitative estimate of drug-likeness (QED) is 0.616. The third-order valence-corrected chi connectivity index (χ3v) is 2.32. The molecular formula is C11H22N4O3. The van der Waals surface area contributed by atoms with Crippen LogP contribution < -0.4 is 5.32 Å². The van der Waals surface area contributed by atoms with Crippen LogP contribution in [0.15, 0.2) is 6.20 Å². The normalized spacial score (nSPS) is 14.7. The van der Waals surface area contributed by atoms with E-state index in [1.54, 1.807) is 18.0 Å². The Morgan fingerprint density at radius 3 is 2.94 bits per heavy atom. The highest BCUT2D eigenvalue weighted by Gasteiger charge is 2.10. The molecule has 0 fully saturated rings. The smallest absolute Gasteiger partial charge is 0.0969 e. The number of nitrogens with one attached hydrogen (secondary N) is 1. The van der Waals surface area contributed by atoms with Gasteiger partial charge in [0.1, 0.15) is 0 Å². The van der Waals surface area contributed by atoms with Crippen LogP contribution in [0.2, 0.25) is 0 Å². The Morgan fingerprint density at radius 2 is 2.28 bits per heavy atom. The van der Waals surface area contributed by atoms with Crippen molar-refractivity contribution in [3.63, 3.8) is 0 Å². The number of aliphatic hydroxyl groups is 1. The Balaban J connectivity index is 2.28. The number of aromatic nitrogens is 3. The average Bonchev–Trinajstić information content (AvgIpc) is 2.75. The lowest BCUT2D eigenvalue weighted by Gasteiger charge is -2.15. The van der Waals surface area contributed by atoms with Gasteiger partial charge in [-0.15, -0.1) is 5.10 Å². The van der Waals surface area contributed by atoms with Crippen LogP contribution in [0.1, 0.15) is 12.6 Å². The fourth-order valence-corrected chi connectivity index (χ4v) is 1.52. The van der Waals surface area contributed by atoms with Crippen LogP contribution in [-0.4, -0.2) is 59.7 Å². The zero-order valence-corrected chi connectivity index (χ0v) is 11.2. The first-order chi connectivity index (χ1) is 8.65. The topological polar surface area (TPSA) is 81.4 Å². The number of ether oxygens (including phenoxy) is 2. The van der Waals surface area contributed by atoms with Crippen molar-refractivity contribution < 1.29 is 14.6 Å². The first-order valence-electron chi connectivity index (χ1n) is 5.98. The van der Waals surface area contributed by atoms with Crippen molar-refractivity contribution in [2.45, 2.75) is 32.2 Å². The molecule has 1 heterocycles. The fraction of sp³-hybridized carbons (Fsp3) is 0.818. The lowest BCUT2D eigenvalue weighted by atomic mass is 10.3. The molecule has 0 spiro atoms. The number of nitrogens with zero attached hydrogens (tertiary/aromatic N) is 3. The van der Waals surface area contributed by atoms with Gasteiger partial charge in [-0.25, -0.2) is 4.68 Å². The van der Waals surface area contributed by atoms with Gasteiger partial charge in [-0.05, 0) is 14.0 Å². The summed E-state index contributed by atoms with van der Waals surface area (Å²) in [5.74, 6) is 0. The zero-order chi connectivity index (χ0) is 13.4. The Morgan fingerprint density at radius 1 is 1.50 bits per heavy atom. The average molecular weight is 258 g/mol. The molecule has 2 N–H and O–H groups in total. The summed E-state index contributed by atoms with van der Waals surface area (Å²) in [5.41, 5.74) is 0.846. The summed E-state index contributed by atoms with van der Waals surface area (Å²) < 4.78 is 12.0. The molecule has 1 rings (SSSR count). The molecule has 1 aromatic heterocycles. The predicted octanol–water partition coefficient (Wildman–Crippen LogP) is -0.590. The molecule has 2 atom stereocenters. The van der Waals surface area contributed by atoms with Crippen molar-refractivity contribution >= 4 is 0 Å². The SMILES string of the molecule is CNCc1cn(CC(O)COC(C)COC)nn1. The van der Waals surface area contributed by atoms with E-state index in [9.17, 15) is 5.11 Å². The van der Waals surface area contributed by atoms with Crippen LogP contribution in [-0.2, 0) is 22.6 Å². The number of aliphatic hydroxyl groups excluding tert-OH is 1. The number of hydrogen-bond donors (Lipinski definition) is 2. The van der Waals surface area contributed by atoms with Crippen LogP contribution >= 0.6 is 0 Å². The van der Waals surface area contributed by atoms with Gasteiger partial charge in [0, 0.05) is 19.9 Å². The number of methoxy groups -OCH3 is 1. The highest BCUT2D eigenvalue weighted by atomic mass is 16.5. The molecule has 0 amide bonds.